The van der Waals surface area contributed by atoms with E-state index in [1.54, 1.807) is 0 Å². The van der Waals surface area contributed by atoms with E-state index in [1.165, 1.54) is 0 Å². The van der Waals surface area contributed by atoms with Gasteiger partial charge in [0, 0.05) is 41.5 Å². The molecule has 0 radical (unpaired) electrons. The van der Waals surface area contributed by atoms with Gasteiger partial charge >= 0.3 is 0 Å². The van der Waals surface area contributed by atoms with Crippen LogP contribution in [0.1, 0.15) is 22.3 Å². The zero-order valence-corrected chi connectivity index (χ0v) is 40.7. The van der Waals surface area contributed by atoms with Crippen molar-refractivity contribution in [3.63, 3.8) is 0 Å². The molecule has 0 bridgehead atoms. The lowest BCUT2D eigenvalue weighted by atomic mass is 9.62. The summed E-state index contributed by atoms with van der Waals surface area (Å²) in [5.74, 6) is 1.62. The van der Waals surface area contributed by atoms with Gasteiger partial charge in [-0.1, -0.05) is 158 Å². The van der Waals surface area contributed by atoms with E-state index < -0.39 is 5.41 Å². The van der Waals surface area contributed by atoms with E-state index in [9.17, 15) is 0 Å². The van der Waals surface area contributed by atoms with Crippen LogP contribution in [-0.2, 0) is 5.41 Å². The molecule has 0 saturated heterocycles. The fourth-order valence-corrected chi connectivity index (χ4v) is 11.7. The molecule has 0 spiro atoms. The number of hydrogen-bond acceptors (Lipinski definition) is 8. The van der Waals surface area contributed by atoms with Crippen LogP contribution < -0.4 is 4.90 Å². The highest BCUT2D eigenvalue weighted by molar-refractivity contribution is 6.09. The van der Waals surface area contributed by atoms with Crippen molar-refractivity contribution in [2.45, 2.75) is 5.41 Å². The summed E-state index contributed by atoms with van der Waals surface area (Å²) in [6, 6.07) is 80.8. The monoisotopic (exact) mass is 974 g/mol. The summed E-state index contributed by atoms with van der Waals surface area (Å²) in [5, 5.41) is 0. The molecular formula is C66H42N10. The first-order valence-corrected chi connectivity index (χ1v) is 25.3. The van der Waals surface area contributed by atoms with Crippen molar-refractivity contribution in [1.82, 2.24) is 44.0 Å². The largest absolute Gasteiger partial charge is 0.306 e. The second-order valence-electron chi connectivity index (χ2n) is 18.9. The molecular weight excluding hydrogens is 933 g/mol. The predicted molar refractivity (Wildman–Crippen MR) is 303 cm³/mol. The number of benzene rings is 7. The van der Waals surface area contributed by atoms with E-state index in [2.05, 4.69) is 160 Å². The lowest BCUT2D eigenvalue weighted by Gasteiger charge is -2.47. The lowest BCUT2D eigenvalue weighted by molar-refractivity contribution is 0.731. The van der Waals surface area contributed by atoms with Gasteiger partial charge in [-0.15, -0.1) is 0 Å². The first kappa shape index (κ1) is 43.2. The Morgan fingerprint density at radius 1 is 0.289 bits per heavy atom. The number of para-hydroxylation sites is 2. The molecule has 7 aromatic heterocycles. The third-order valence-corrected chi connectivity index (χ3v) is 14.8. The van der Waals surface area contributed by atoms with Gasteiger partial charge in [0.15, 0.2) is 17.5 Å². The zero-order chi connectivity index (χ0) is 50.2. The van der Waals surface area contributed by atoms with Crippen LogP contribution in [0, 0.1) is 0 Å². The van der Waals surface area contributed by atoms with Crippen LogP contribution in [-0.4, -0.2) is 44.0 Å². The highest BCUT2D eigenvalue weighted by Gasteiger charge is 2.47. The van der Waals surface area contributed by atoms with Gasteiger partial charge in [-0.05, 0) is 95.1 Å². The molecule has 1 aliphatic heterocycles. The minimum Gasteiger partial charge on any atom is -0.306 e. The average molecular weight is 975 g/mol. The topological polar surface area (TPSA) is 103 Å². The van der Waals surface area contributed by atoms with Crippen LogP contribution in [0.2, 0.25) is 0 Å². The van der Waals surface area contributed by atoms with Gasteiger partial charge < -0.3 is 14.0 Å². The first-order valence-electron chi connectivity index (χ1n) is 25.3. The average Bonchev–Trinajstić information content (AvgIpc) is 4.11. The second-order valence-corrected chi connectivity index (χ2v) is 18.9. The smallest absolute Gasteiger partial charge is 0.164 e. The summed E-state index contributed by atoms with van der Waals surface area (Å²) in [5.41, 5.74) is 17.6. The number of fused-ring (bicyclic) bond motifs is 8. The molecule has 76 heavy (non-hydrogen) atoms. The molecule has 7 aromatic carbocycles. The Bertz CT molecular complexity index is 4150. The fraction of sp³-hybridized carbons (Fsp3) is 0.0152. The number of pyridine rings is 4. The van der Waals surface area contributed by atoms with Crippen LogP contribution in [0.15, 0.2) is 255 Å². The number of hydrogen-bond donors (Lipinski definition) is 0. The maximum absolute atomic E-state index is 5.39. The molecule has 356 valence electrons. The van der Waals surface area contributed by atoms with E-state index in [-0.39, 0.29) is 0 Å². The molecule has 0 aliphatic carbocycles. The van der Waals surface area contributed by atoms with Gasteiger partial charge in [-0.2, -0.15) is 0 Å². The highest BCUT2D eigenvalue weighted by atomic mass is 15.2. The van der Waals surface area contributed by atoms with Gasteiger partial charge in [-0.3, -0.25) is 19.9 Å². The number of rotatable bonds is 8. The molecule has 10 heteroatoms. The Morgan fingerprint density at radius 2 is 0.618 bits per heavy atom. The van der Waals surface area contributed by atoms with Crippen molar-refractivity contribution in [1.29, 1.82) is 0 Å². The Kier molecular flexibility index (Phi) is 9.86. The quantitative estimate of drug-likeness (QED) is 0.148. The molecule has 0 fully saturated rings. The van der Waals surface area contributed by atoms with E-state index >= 15 is 0 Å². The number of aromatic nitrogens is 9. The second kappa shape index (κ2) is 17.4. The van der Waals surface area contributed by atoms with E-state index in [4.69, 9.17) is 34.9 Å². The van der Waals surface area contributed by atoms with Crippen molar-refractivity contribution in [3.8, 4) is 45.5 Å². The Labute approximate surface area is 436 Å². The maximum Gasteiger partial charge on any atom is 0.164 e. The third-order valence-electron chi connectivity index (χ3n) is 14.8. The number of anilines is 3. The molecule has 0 atom stereocenters. The van der Waals surface area contributed by atoms with E-state index in [1.807, 2.05) is 110 Å². The molecule has 10 nitrogen and oxygen atoms in total. The van der Waals surface area contributed by atoms with E-state index in [0.717, 1.165) is 112 Å². The maximum atomic E-state index is 5.39. The van der Waals surface area contributed by atoms with Crippen LogP contribution in [0.25, 0.3) is 89.7 Å². The standard InChI is InChI=1S/C66H42N10/c1-5-21-43(22-6-1)63-71-64(44-23-7-2-8-24-44)73-65(72-63)45-41-56(74-52-33-17-37-67-58(52)59-53(74)34-18-38-68-59)62(57(42-45)75-54-35-19-39-69-60(54)61-55(75)36-20-40-70-61)76-50-31-15-13-29-48(50)66(46-25-9-3-10-26-46,47-27-11-4-12-28-47)49-30-14-16-32-51(49)76/h1-42H. The Morgan fingerprint density at radius 3 is 1.00 bits per heavy atom. The summed E-state index contributed by atoms with van der Waals surface area (Å²) in [6.45, 7) is 0. The minimum atomic E-state index is -0.722. The molecule has 0 N–H and O–H groups in total. The van der Waals surface area contributed by atoms with Crippen molar-refractivity contribution in [2.24, 2.45) is 0 Å². The van der Waals surface area contributed by atoms with Gasteiger partial charge in [0.25, 0.3) is 0 Å². The van der Waals surface area contributed by atoms with Crippen LogP contribution in [0.3, 0.4) is 0 Å². The predicted octanol–water partition coefficient (Wildman–Crippen LogP) is 14.8. The van der Waals surface area contributed by atoms with Gasteiger partial charge in [0.2, 0.25) is 0 Å². The SMILES string of the molecule is c1ccc(-c2nc(-c3ccccc3)nc(-c3cc(-n4c5cccnc5c5ncccc54)c(N4c5ccccc5C(c5ccccc5)(c5ccccc5)c5ccccc54)c(-n4c5cccnc5c5ncccc54)c3)n2)cc1. The minimum absolute atomic E-state index is 0.502. The molecule has 14 aromatic rings. The van der Waals surface area contributed by atoms with Gasteiger partial charge in [0.05, 0.1) is 55.9 Å². The molecule has 1 aliphatic rings. The lowest BCUT2D eigenvalue weighted by Crippen LogP contribution is -2.38. The van der Waals surface area contributed by atoms with Crippen LogP contribution in [0.4, 0.5) is 17.1 Å². The van der Waals surface area contributed by atoms with Crippen molar-refractivity contribution in [2.75, 3.05) is 4.90 Å². The summed E-state index contributed by atoms with van der Waals surface area (Å²) in [7, 11) is 0. The normalized spacial score (nSPS) is 12.8. The van der Waals surface area contributed by atoms with Gasteiger partial charge in [0.1, 0.15) is 22.1 Å². The summed E-state index contributed by atoms with van der Waals surface area (Å²) < 4.78 is 4.63. The van der Waals surface area contributed by atoms with Crippen LogP contribution >= 0.6 is 0 Å². The molecule has 0 unspecified atom stereocenters. The summed E-state index contributed by atoms with van der Waals surface area (Å²) in [6.07, 6.45) is 7.36. The molecule has 0 saturated carbocycles. The third kappa shape index (κ3) is 6.50. The Balaban J connectivity index is 1.15. The molecule has 15 rings (SSSR count). The van der Waals surface area contributed by atoms with E-state index in [0.29, 0.717) is 17.5 Å². The zero-order valence-electron chi connectivity index (χ0n) is 40.7. The highest BCUT2D eigenvalue weighted by Crippen LogP contribution is 2.60. The summed E-state index contributed by atoms with van der Waals surface area (Å²) in [4.78, 5) is 38.5. The molecule has 8 heterocycles. The molecule has 0 amide bonds. The number of nitrogens with zero attached hydrogens (tertiary/aromatic N) is 10. The first-order chi connectivity index (χ1) is 37.7. The van der Waals surface area contributed by atoms with Crippen molar-refractivity contribution in [3.05, 3.63) is 278 Å². The van der Waals surface area contributed by atoms with Gasteiger partial charge in [-0.25, -0.2) is 15.0 Å². The van der Waals surface area contributed by atoms with Crippen LogP contribution in [0.5, 0.6) is 0 Å². The fourth-order valence-electron chi connectivity index (χ4n) is 11.7. The van der Waals surface area contributed by atoms with Crippen molar-refractivity contribution < 1.29 is 0 Å². The van der Waals surface area contributed by atoms with Crippen molar-refractivity contribution >= 4 is 61.2 Å². The Hall–Kier alpha value is -10.5. The summed E-state index contributed by atoms with van der Waals surface area (Å²) >= 11 is 0.